The number of fused-ring (bicyclic) bond motifs is 2. The Kier molecular flexibility index (Phi) is 12.6. The molecule has 386 valence electrons. The third kappa shape index (κ3) is 9.71. The van der Waals surface area contributed by atoms with Crippen LogP contribution in [0.4, 0.5) is 21.5 Å². The molecule has 5 aromatic rings. The van der Waals surface area contributed by atoms with Gasteiger partial charge in [0, 0.05) is 87.2 Å². The number of anilines is 2. The van der Waals surface area contributed by atoms with Gasteiger partial charge in [0.25, 0.3) is 21.6 Å². The number of hydrogen-bond donors (Lipinski definition) is 4. The minimum absolute atomic E-state index is 0.00384. The molecule has 2 saturated carbocycles. The lowest BCUT2D eigenvalue weighted by Gasteiger charge is -2.59. The average molecular weight is 1020 g/mol. The number of nitrogens with zero attached hydrogens (tertiary/aromatic N) is 5. The van der Waals surface area contributed by atoms with E-state index in [1.54, 1.807) is 19.1 Å². The van der Waals surface area contributed by atoms with Gasteiger partial charge in [-0.1, -0.05) is 38.1 Å². The first-order chi connectivity index (χ1) is 34.9. The molecular weight excluding hydrogens is 956 g/mol. The maximum absolute atomic E-state index is 14.7. The molecule has 6 heterocycles. The molecular formula is C54H63FN8O9S. The van der Waals surface area contributed by atoms with Gasteiger partial charge in [-0.15, -0.1) is 0 Å². The zero-order valence-corrected chi connectivity index (χ0v) is 42.3. The maximum Gasteiger partial charge on any atom is 0.297 e. The molecule has 17 nitrogen and oxygen atoms in total. The van der Waals surface area contributed by atoms with Crippen molar-refractivity contribution in [2.75, 3.05) is 56.1 Å². The number of carbonyl (C=O) groups is 2. The number of aliphatic hydroxyl groups is 1. The molecule has 4 aliphatic heterocycles. The van der Waals surface area contributed by atoms with Gasteiger partial charge in [-0.3, -0.25) is 24.6 Å². The fourth-order valence-corrected chi connectivity index (χ4v) is 13.3. The topological polar surface area (TPSA) is 213 Å². The van der Waals surface area contributed by atoms with Crippen molar-refractivity contribution >= 4 is 49.9 Å². The standard InChI is InChI=1S/C54H63FN8O9S/c1-32(2)38-6-4-5-7-39(38)42-28-61(52(65)34-8-9-34)19-14-45(42)62-30-54(31-62)17-20-60(21-18-54)35-10-11-40(47(22-35)72-36-23-41-43(55)27-57-50(41)56-26-36)51(64)59-73(69,70)37-24-46(63(67)68)49-48(25-37)71-29-44(58-49)33-12-15-53(3,66)16-13-33/h4-7,10-11,22-27,32-34,42,44-45,58,66H,8-9,12-21,28-31H2,1-3H3,(H,56,57)(H,59,64)/t33?,42-,44+,45-,53?/m0/s1. The number of benzene rings is 3. The first-order valence-corrected chi connectivity index (χ1v) is 27.2. The van der Waals surface area contributed by atoms with Crippen molar-refractivity contribution in [1.82, 2.24) is 24.5 Å². The van der Waals surface area contributed by atoms with Gasteiger partial charge in [0.15, 0.2) is 11.4 Å². The summed E-state index contributed by atoms with van der Waals surface area (Å²) in [6.07, 6.45) is 9.87. The molecule has 3 aromatic carbocycles. The molecule has 3 saturated heterocycles. The summed E-state index contributed by atoms with van der Waals surface area (Å²) < 4.78 is 57.2. The highest BCUT2D eigenvalue weighted by Crippen LogP contribution is 2.48. The highest BCUT2D eigenvalue weighted by molar-refractivity contribution is 7.90. The number of ether oxygens (including phenoxy) is 2. The summed E-state index contributed by atoms with van der Waals surface area (Å²) in [6.45, 7) is 11.3. The SMILES string of the molecule is CC(C)c1ccccc1[C@@H]1CN(C(=O)C2CC2)CC[C@@H]1N1CC2(CCN(c3ccc(C(=O)NS(=O)(=O)c4cc5c(c([N+](=O)[O-])c4)N[C@@H](C4CCC(C)(O)CC4)CO5)c(Oc4cnc5[nH]cc(F)c5c4)c3)CC2)C1. The lowest BCUT2D eigenvalue weighted by atomic mass is 9.69. The van der Waals surface area contributed by atoms with Crippen LogP contribution in [0.15, 0.2) is 78.0 Å². The van der Waals surface area contributed by atoms with Crippen molar-refractivity contribution in [3.05, 3.63) is 106 Å². The van der Waals surface area contributed by atoms with E-state index in [4.69, 9.17) is 9.47 Å². The molecule has 2 amide bonds. The lowest BCUT2D eigenvalue weighted by molar-refractivity contribution is -0.384. The highest BCUT2D eigenvalue weighted by Gasteiger charge is 2.50. The predicted molar refractivity (Wildman–Crippen MR) is 272 cm³/mol. The Morgan fingerprint density at radius 3 is 2.48 bits per heavy atom. The fourth-order valence-electron chi connectivity index (χ4n) is 12.3. The first kappa shape index (κ1) is 48.9. The molecule has 19 heteroatoms. The molecule has 0 radical (unpaired) electrons. The molecule has 1 spiro atoms. The summed E-state index contributed by atoms with van der Waals surface area (Å²) in [7, 11) is -4.74. The summed E-state index contributed by atoms with van der Waals surface area (Å²) in [5.41, 5.74) is 2.46. The van der Waals surface area contributed by atoms with Gasteiger partial charge in [-0.25, -0.2) is 22.5 Å². The van der Waals surface area contributed by atoms with E-state index in [9.17, 15) is 37.6 Å². The number of hydrogen-bond acceptors (Lipinski definition) is 13. The van der Waals surface area contributed by atoms with Crippen LogP contribution in [0.25, 0.3) is 11.0 Å². The second-order valence-electron chi connectivity index (χ2n) is 22.1. The van der Waals surface area contributed by atoms with E-state index in [1.807, 2.05) is 0 Å². The number of carbonyl (C=O) groups excluding carboxylic acids is 2. The minimum atomic E-state index is -4.74. The fraction of sp³-hybridized carbons (Fsp3) is 0.500. The van der Waals surface area contributed by atoms with Gasteiger partial charge in [-0.2, -0.15) is 0 Å². The van der Waals surface area contributed by atoms with E-state index in [-0.39, 0.29) is 69.7 Å². The lowest BCUT2D eigenvalue weighted by Crippen LogP contribution is -2.65. The Morgan fingerprint density at radius 1 is 1.00 bits per heavy atom. The number of H-pyrrole nitrogens is 1. The third-order valence-electron chi connectivity index (χ3n) is 16.7. The van der Waals surface area contributed by atoms with E-state index < -0.39 is 42.9 Å². The Balaban J connectivity index is 0.807. The van der Waals surface area contributed by atoms with Crippen molar-refractivity contribution in [1.29, 1.82) is 0 Å². The molecule has 2 aliphatic carbocycles. The number of aromatic nitrogens is 2. The summed E-state index contributed by atoms with van der Waals surface area (Å²) in [5, 5.41) is 26.3. The van der Waals surface area contributed by atoms with Crippen LogP contribution in [-0.4, -0.2) is 114 Å². The largest absolute Gasteiger partial charge is 0.489 e. The Morgan fingerprint density at radius 2 is 1.75 bits per heavy atom. The van der Waals surface area contributed by atoms with Crippen LogP contribution in [0.3, 0.4) is 0 Å². The minimum Gasteiger partial charge on any atom is -0.489 e. The molecule has 3 atom stereocenters. The molecule has 0 bridgehead atoms. The van der Waals surface area contributed by atoms with Gasteiger partial charge < -0.3 is 34.7 Å². The molecule has 5 fully saturated rings. The summed E-state index contributed by atoms with van der Waals surface area (Å²) in [4.78, 5) is 52.8. The quantitative estimate of drug-likeness (QED) is 0.0683. The molecule has 0 unspecified atom stereocenters. The number of amides is 2. The Hall–Kier alpha value is -6.31. The molecule has 2 aromatic heterocycles. The van der Waals surface area contributed by atoms with Crippen molar-refractivity contribution in [3.8, 4) is 17.2 Å². The molecule has 4 N–H and O–H groups in total. The Bertz CT molecular complexity index is 3080. The number of piperidine rings is 2. The number of rotatable bonds is 12. The van der Waals surface area contributed by atoms with Crippen LogP contribution in [0, 0.1) is 33.2 Å². The molecule has 6 aliphatic rings. The van der Waals surface area contributed by atoms with E-state index in [0.29, 0.717) is 49.2 Å². The van der Waals surface area contributed by atoms with E-state index in [1.165, 1.54) is 35.7 Å². The van der Waals surface area contributed by atoms with Crippen molar-refractivity contribution < 1.29 is 41.9 Å². The number of nitro groups is 1. The molecule has 11 rings (SSSR count). The number of aromatic amines is 1. The summed E-state index contributed by atoms with van der Waals surface area (Å²) in [5.74, 6) is -0.368. The van der Waals surface area contributed by atoms with Crippen LogP contribution in [0.2, 0.25) is 0 Å². The average Bonchev–Trinajstić information content (AvgIpc) is 4.16. The zero-order valence-electron chi connectivity index (χ0n) is 41.4. The van der Waals surface area contributed by atoms with Crippen LogP contribution in [-0.2, 0) is 14.8 Å². The van der Waals surface area contributed by atoms with E-state index in [2.05, 4.69) is 72.8 Å². The van der Waals surface area contributed by atoms with Crippen LogP contribution in [0.5, 0.6) is 17.2 Å². The number of sulfonamides is 1. The maximum atomic E-state index is 14.7. The van der Waals surface area contributed by atoms with Gasteiger partial charge in [-0.05, 0) is 111 Å². The van der Waals surface area contributed by atoms with Crippen molar-refractivity contribution in [2.24, 2.45) is 17.3 Å². The number of pyridine rings is 1. The summed E-state index contributed by atoms with van der Waals surface area (Å²) in [6, 6.07) is 17.2. The normalized spacial score (nSPS) is 25.1. The van der Waals surface area contributed by atoms with Gasteiger partial charge in [0.05, 0.1) is 38.6 Å². The smallest absolute Gasteiger partial charge is 0.297 e. The second-order valence-corrected chi connectivity index (χ2v) is 23.8. The highest BCUT2D eigenvalue weighted by atomic mass is 32.2. The predicted octanol–water partition coefficient (Wildman–Crippen LogP) is 8.46. The Labute approximate surface area is 424 Å². The van der Waals surface area contributed by atoms with Crippen molar-refractivity contribution in [2.45, 2.75) is 113 Å². The van der Waals surface area contributed by atoms with Gasteiger partial charge in [0.2, 0.25) is 5.91 Å². The first-order valence-electron chi connectivity index (χ1n) is 25.8. The number of nitrogens with one attached hydrogen (secondary N) is 3. The van der Waals surface area contributed by atoms with E-state index in [0.717, 1.165) is 89.2 Å². The monoisotopic (exact) mass is 1020 g/mol. The van der Waals surface area contributed by atoms with Gasteiger partial charge >= 0.3 is 0 Å². The van der Waals surface area contributed by atoms with Crippen LogP contribution < -0.4 is 24.4 Å². The number of halogens is 1. The zero-order chi connectivity index (χ0) is 51.0. The second kappa shape index (κ2) is 18.9. The summed E-state index contributed by atoms with van der Waals surface area (Å²) >= 11 is 0. The van der Waals surface area contributed by atoms with E-state index >= 15 is 0 Å². The number of likely N-dealkylation sites (tertiary alicyclic amines) is 2. The van der Waals surface area contributed by atoms with Gasteiger partial charge in [0.1, 0.15) is 29.6 Å². The van der Waals surface area contributed by atoms with Crippen molar-refractivity contribution in [3.63, 3.8) is 0 Å². The molecule has 73 heavy (non-hydrogen) atoms. The third-order valence-corrected chi connectivity index (χ3v) is 18.0. The number of nitro benzene ring substituents is 1. The van der Waals surface area contributed by atoms with Crippen LogP contribution >= 0.6 is 0 Å². The van der Waals surface area contributed by atoms with Crippen LogP contribution in [0.1, 0.15) is 112 Å².